The van der Waals surface area contributed by atoms with Crippen LogP contribution in [0.5, 0.6) is 0 Å². The van der Waals surface area contributed by atoms with Crippen LogP contribution in [0.2, 0.25) is 0 Å². The van der Waals surface area contributed by atoms with Gasteiger partial charge in [0.15, 0.2) is 0 Å². The minimum absolute atomic E-state index is 0.913. The molecule has 0 unspecified atom stereocenters. The first-order chi connectivity index (χ1) is 16.3. The SMILES string of the molecule is CC[N+]1=C(/C=C/c2c3oc4ccccc4cc-3c3ccccc23)c2cccc3cccc1c23. The molecule has 2 heteroatoms. The molecular weight excluding hydrogens is 402 g/mol. The van der Waals surface area contributed by atoms with E-state index in [2.05, 4.69) is 103 Å². The van der Waals surface area contributed by atoms with Crippen molar-refractivity contribution in [3.05, 3.63) is 108 Å². The first-order valence-corrected chi connectivity index (χ1v) is 11.5. The molecule has 4 aromatic rings. The highest BCUT2D eigenvalue weighted by molar-refractivity contribution is 6.21. The first-order valence-electron chi connectivity index (χ1n) is 11.5. The molecule has 0 N–H and O–H groups in total. The standard InChI is InChI=1S/C31H22NO/c1-2-32-27(25-14-7-10-20-11-8-15-28(32)30(20)25)18-17-24-22-12-4-5-13-23(22)26-19-21-9-3-6-16-29(21)33-31(24)26/h3-19H,2H2,1H3/q+1/b18-17+. The van der Waals surface area contributed by atoms with Crippen LogP contribution >= 0.6 is 0 Å². The Morgan fingerprint density at radius 1 is 0.727 bits per heavy atom. The van der Waals surface area contributed by atoms with Crippen LogP contribution in [0.25, 0.3) is 49.9 Å². The van der Waals surface area contributed by atoms with Gasteiger partial charge >= 0.3 is 0 Å². The van der Waals surface area contributed by atoms with E-state index in [9.17, 15) is 0 Å². The van der Waals surface area contributed by atoms with E-state index in [1.165, 1.54) is 38.5 Å². The molecule has 0 saturated heterocycles. The number of allylic oxidation sites excluding steroid dienone is 1. The molecule has 0 spiro atoms. The highest BCUT2D eigenvalue weighted by atomic mass is 16.3. The van der Waals surface area contributed by atoms with Crippen LogP contribution < -0.4 is 0 Å². The molecule has 0 aromatic heterocycles. The van der Waals surface area contributed by atoms with Crippen LogP contribution in [0.1, 0.15) is 18.1 Å². The molecule has 4 aromatic carbocycles. The fraction of sp³-hybridized carbons (Fsp3) is 0.0645. The second-order valence-corrected chi connectivity index (χ2v) is 8.63. The van der Waals surface area contributed by atoms with Crippen molar-refractivity contribution in [2.24, 2.45) is 0 Å². The van der Waals surface area contributed by atoms with Crippen molar-refractivity contribution in [2.75, 3.05) is 6.54 Å². The van der Waals surface area contributed by atoms with Gasteiger partial charge in [-0.1, -0.05) is 66.7 Å². The van der Waals surface area contributed by atoms with Crippen LogP contribution in [0, 0.1) is 0 Å². The molecule has 33 heavy (non-hydrogen) atoms. The Hall–Kier alpha value is -4.17. The van der Waals surface area contributed by atoms with E-state index < -0.39 is 0 Å². The highest BCUT2D eigenvalue weighted by Crippen LogP contribution is 2.42. The zero-order valence-electron chi connectivity index (χ0n) is 18.4. The lowest BCUT2D eigenvalue weighted by atomic mass is 10.0. The van der Waals surface area contributed by atoms with Gasteiger partial charge in [0.25, 0.3) is 0 Å². The number of nitrogens with zero attached hydrogens (tertiary/aromatic N) is 1. The summed E-state index contributed by atoms with van der Waals surface area (Å²) in [5.41, 5.74) is 7.04. The van der Waals surface area contributed by atoms with Crippen molar-refractivity contribution in [3.8, 4) is 11.3 Å². The third-order valence-corrected chi connectivity index (χ3v) is 6.89. The van der Waals surface area contributed by atoms with Crippen molar-refractivity contribution in [2.45, 2.75) is 6.92 Å². The Labute approximate surface area is 192 Å². The molecule has 1 aliphatic carbocycles. The fourth-order valence-electron chi connectivity index (χ4n) is 5.44. The maximum Gasteiger partial charge on any atom is 0.214 e. The van der Waals surface area contributed by atoms with Gasteiger partial charge in [-0.05, 0) is 47.4 Å². The molecular formula is C31H22NO+. The Bertz CT molecular complexity index is 1740. The summed E-state index contributed by atoms with van der Waals surface area (Å²) in [7, 11) is 0. The molecule has 2 heterocycles. The van der Waals surface area contributed by atoms with E-state index in [0.717, 1.165) is 34.4 Å². The summed E-state index contributed by atoms with van der Waals surface area (Å²) >= 11 is 0. The normalized spacial score (nSPS) is 13.5. The van der Waals surface area contributed by atoms with E-state index in [1.54, 1.807) is 0 Å². The molecule has 0 bridgehead atoms. The van der Waals surface area contributed by atoms with Crippen molar-refractivity contribution in [3.63, 3.8) is 0 Å². The van der Waals surface area contributed by atoms with Gasteiger partial charge in [-0.25, -0.2) is 0 Å². The Morgan fingerprint density at radius 3 is 2.36 bits per heavy atom. The topological polar surface area (TPSA) is 16.1 Å². The van der Waals surface area contributed by atoms with E-state index in [4.69, 9.17) is 4.42 Å². The van der Waals surface area contributed by atoms with Crippen LogP contribution in [0.15, 0.2) is 101 Å². The second kappa shape index (κ2) is 6.91. The average Bonchev–Trinajstić information content (AvgIpc) is 3.34. The summed E-state index contributed by atoms with van der Waals surface area (Å²) in [5.74, 6) is 0.948. The summed E-state index contributed by atoms with van der Waals surface area (Å²) in [4.78, 5) is 0. The monoisotopic (exact) mass is 424 g/mol. The predicted octanol–water partition coefficient (Wildman–Crippen LogP) is 8.02. The van der Waals surface area contributed by atoms with E-state index in [1.807, 2.05) is 12.1 Å². The largest absolute Gasteiger partial charge is 0.455 e. The van der Waals surface area contributed by atoms with E-state index in [0.29, 0.717) is 0 Å². The molecule has 3 aliphatic rings. The summed E-state index contributed by atoms with van der Waals surface area (Å²) < 4.78 is 8.89. The lowest BCUT2D eigenvalue weighted by Gasteiger charge is -2.04. The fourth-order valence-corrected chi connectivity index (χ4v) is 5.44. The number of rotatable bonds is 3. The molecule has 7 rings (SSSR count). The van der Waals surface area contributed by atoms with Gasteiger partial charge in [0, 0.05) is 28.7 Å². The van der Waals surface area contributed by atoms with Gasteiger partial charge < -0.3 is 4.42 Å². The van der Waals surface area contributed by atoms with Gasteiger partial charge in [-0.15, -0.1) is 0 Å². The molecule has 0 fully saturated rings. The summed E-state index contributed by atoms with van der Waals surface area (Å²) in [6.07, 6.45) is 4.51. The minimum Gasteiger partial charge on any atom is -0.455 e. The number of hydrogen-bond donors (Lipinski definition) is 0. The lowest BCUT2D eigenvalue weighted by Crippen LogP contribution is -2.11. The molecule has 156 valence electrons. The van der Waals surface area contributed by atoms with Gasteiger partial charge in [-0.2, -0.15) is 4.58 Å². The number of fused-ring (bicyclic) bond motifs is 4. The molecule has 0 amide bonds. The molecule has 2 aliphatic heterocycles. The van der Waals surface area contributed by atoms with Crippen molar-refractivity contribution in [1.29, 1.82) is 0 Å². The van der Waals surface area contributed by atoms with Crippen molar-refractivity contribution < 1.29 is 8.99 Å². The first kappa shape index (κ1) is 18.4. The zero-order valence-corrected chi connectivity index (χ0v) is 18.4. The summed E-state index contributed by atoms with van der Waals surface area (Å²) in [5, 5.41) is 6.21. The molecule has 0 radical (unpaired) electrons. The maximum absolute atomic E-state index is 6.48. The second-order valence-electron chi connectivity index (χ2n) is 8.63. The van der Waals surface area contributed by atoms with Crippen LogP contribution in [0.4, 0.5) is 5.69 Å². The molecule has 0 atom stereocenters. The van der Waals surface area contributed by atoms with Gasteiger partial charge in [0.2, 0.25) is 11.4 Å². The van der Waals surface area contributed by atoms with E-state index in [-0.39, 0.29) is 0 Å². The van der Waals surface area contributed by atoms with Gasteiger partial charge in [0.05, 0.1) is 10.9 Å². The minimum atomic E-state index is 0.913. The Balaban J connectivity index is 1.48. The number of para-hydroxylation sites is 1. The summed E-state index contributed by atoms with van der Waals surface area (Å²) in [6, 6.07) is 32.3. The lowest BCUT2D eigenvalue weighted by molar-refractivity contribution is -0.430. The quantitative estimate of drug-likeness (QED) is 0.263. The molecule has 0 saturated carbocycles. The van der Waals surface area contributed by atoms with Gasteiger partial charge in [0.1, 0.15) is 17.9 Å². The van der Waals surface area contributed by atoms with Crippen molar-refractivity contribution >= 4 is 50.0 Å². The Morgan fingerprint density at radius 2 is 1.48 bits per heavy atom. The predicted molar refractivity (Wildman–Crippen MR) is 138 cm³/mol. The van der Waals surface area contributed by atoms with Crippen LogP contribution in [-0.4, -0.2) is 16.8 Å². The smallest absolute Gasteiger partial charge is 0.214 e. The third kappa shape index (κ3) is 2.58. The number of hydrogen-bond acceptors (Lipinski definition) is 1. The number of benzene rings is 4. The maximum atomic E-state index is 6.48. The van der Waals surface area contributed by atoms with Gasteiger partial charge in [-0.3, -0.25) is 0 Å². The highest BCUT2D eigenvalue weighted by Gasteiger charge is 2.29. The zero-order chi connectivity index (χ0) is 21.9. The van der Waals surface area contributed by atoms with Crippen LogP contribution in [0.3, 0.4) is 0 Å². The molecule has 2 nitrogen and oxygen atoms in total. The van der Waals surface area contributed by atoms with Crippen molar-refractivity contribution in [1.82, 2.24) is 0 Å². The van der Waals surface area contributed by atoms with E-state index >= 15 is 0 Å². The summed E-state index contributed by atoms with van der Waals surface area (Å²) in [6.45, 7) is 3.14. The Kier molecular flexibility index (Phi) is 3.86. The van der Waals surface area contributed by atoms with Crippen LogP contribution in [-0.2, 0) is 0 Å². The third-order valence-electron chi connectivity index (χ3n) is 6.89. The average molecular weight is 425 g/mol.